The van der Waals surface area contributed by atoms with Gasteiger partial charge < -0.3 is 9.84 Å². The van der Waals surface area contributed by atoms with E-state index in [1.54, 1.807) is 6.92 Å². The molecule has 2 atom stereocenters. The molecule has 0 aliphatic carbocycles. The van der Waals surface area contributed by atoms with Crippen molar-refractivity contribution >= 4 is 5.97 Å². The molecule has 0 spiro atoms. The Balaban J connectivity index is 4.43. The molecule has 1 N–H and O–H groups in total. The molecule has 0 radical (unpaired) electrons. The van der Waals surface area contributed by atoms with E-state index in [-0.39, 0.29) is 6.61 Å². The normalized spacial score (nSPS) is 14.2. The van der Waals surface area contributed by atoms with Crippen molar-refractivity contribution in [2.24, 2.45) is 5.11 Å². The van der Waals surface area contributed by atoms with Crippen LogP contribution in [0.25, 0.3) is 10.4 Å². The SMILES string of the molecule is CCC[C@H](O)[C@@H](/C=C/C(=O)OCC)N=[N+]=[N-]. The van der Waals surface area contributed by atoms with E-state index in [0.29, 0.717) is 6.42 Å². The van der Waals surface area contributed by atoms with Crippen molar-refractivity contribution in [3.8, 4) is 0 Å². The predicted molar refractivity (Wildman–Crippen MR) is 59.6 cm³/mol. The van der Waals surface area contributed by atoms with Crippen LogP contribution in [0.3, 0.4) is 0 Å². The number of ether oxygens (including phenoxy) is 1. The van der Waals surface area contributed by atoms with Crippen molar-refractivity contribution in [3.05, 3.63) is 22.6 Å². The highest BCUT2D eigenvalue weighted by molar-refractivity contribution is 5.82. The van der Waals surface area contributed by atoms with Gasteiger partial charge in [-0.05, 0) is 18.9 Å². The molecule has 6 heteroatoms. The maximum atomic E-state index is 11.0. The monoisotopic (exact) mass is 227 g/mol. The first-order valence-electron chi connectivity index (χ1n) is 5.22. The quantitative estimate of drug-likeness (QED) is 0.237. The van der Waals surface area contributed by atoms with E-state index in [2.05, 4.69) is 14.8 Å². The molecule has 0 aliphatic rings. The number of carbonyl (C=O) groups is 1. The summed E-state index contributed by atoms with van der Waals surface area (Å²) < 4.78 is 4.67. The minimum Gasteiger partial charge on any atom is -0.463 e. The number of aliphatic hydroxyl groups is 1. The van der Waals surface area contributed by atoms with Crippen LogP contribution >= 0.6 is 0 Å². The van der Waals surface area contributed by atoms with Crippen molar-refractivity contribution < 1.29 is 14.6 Å². The van der Waals surface area contributed by atoms with Gasteiger partial charge in [0.1, 0.15) is 0 Å². The van der Waals surface area contributed by atoms with Gasteiger partial charge in [-0.15, -0.1) is 0 Å². The third kappa shape index (κ3) is 6.06. The van der Waals surface area contributed by atoms with Gasteiger partial charge in [0.15, 0.2) is 0 Å². The lowest BCUT2D eigenvalue weighted by atomic mass is 10.1. The van der Waals surface area contributed by atoms with Crippen molar-refractivity contribution in [1.29, 1.82) is 0 Å². The highest BCUT2D eigenvalue weighted by Crippen LogP contribution is 2.08. The summed E-state index contributed by atoms with van der Waals surface area (Å²) in [5.41, 5.74) is 8.32. The zero-order chi connectivity index (χ0) is 12.4. The Bertz CT molecular complexity index is 285. The minimum atomic E-state index is -0.772. The van der Waals surface area contributed by atoms with Gasteiger partial charge in [-0.25, -0.2) is 4.79 Å². The van der Waals surface area contributed by atoms with E-state index in [0.717, 1.165) is 6.42 Å². The van der Waals surface area contributed by atoms with Crippen molar-refractivity contribution in [1.82, 2.24) is 0 Å². The van der Waals surface area contributed by atoms with E-state index in [4.69, 9.17) is 5.53 Å². The van der Waals surface area contributed by atoms with Gasteiger partial charge in [0, 0.05) is 11.0 Å². The Morgan fingerprint density at radius 1 is 1.62 bits per heavy atom. The second-order valence-corrected chi connectivity index (χ2v) is 3.16. The fraction of sp³-hybridized carbons (Fsp3) is 0.700. The average Bonchev–Trinajstić information content (AvgIpc) is 2.24. The van der Waals surface area contributed by atoms with Gasteiger partial charge in [-0.2, -0.15) is 0 Å². The molecule has 0 saturated carbocycles. The van der Waals surface area contributed by atoms with Gasteiger partial charge in [0.25, 0.3) is 0 Å². The number of nitrogens with zero attached hydrogens (tertiary/aromatic N) is 3. The van der Waals surface area contributed by atoms with Gasteiger partial charge in [-0.3, -0.25) is 0 Å². The summed E-state index contributed by atoms with van der Waals surface area (Å²) in [5.74, 6) is -0.510. The van der Waals surface area contributed by atoms with Crippen LogP contribution in [-0.2, 0) is 9.53 Å². The number of azide groups is 1. The van der Waals surface area contributed by atoms with Crippen LogP contribution in [0.1, 0.15) is 26.7 Å². The maximum Gasteiger partial charge on any atom is 0.330 e. The minimum absolute atomic E-state index is 0.285. The third-order valence-electron chi connectivity index (χ3n) is 1.88. The van der Waals surface area contributed by atoms with E-state index < -0.39 is 18.1 Å². The number of carbonyl (C=O) groups excluding carboxylic acids is 1. The molecule has 0 fully saturated rings. The summed E-state index contributed by atoms with van der Waals surface area (Å²) in [6.45, 7) is 3.89. The number of rotatable bonds is 7. The van der Waals surface area contributed by atoms with Crippen LogP contribution in [0.15, 0.2) is 17.3 Å². The van der Waals surface area contributed by atoms with Crippen LogP contribution in [0.5, 0.6) is 0 Å². The van der Waals surface area contributed by atoms with Crippen molar-refractivity contribution in [2.45, 2.75) is 38.8 Å². The van der Waals surface area contributed by atoms with Gasteiger partial charge >= 0.3 is 5.97 Å². The first kappa shape index (κ1) is 14.5. The summed E-state index contributed by atoms with van der Waals surface area (Å²) in [4.78, 5) is 13.6. The molecule has 0 rings (SSSR count). The van der Waals surface area contributed by atoms with Crippen LogP contribution in [0, 0.1) is 0 Å². The lowest BCUT2D eigenvalue weighted by Crippen LogP contribution is -2.21. The topological polar surface area (TPSA) is 95.3 Å². The molecule has 0 aromatic heterocycles. The second-order valence-electron chi connectivity index (χ2n) is 3.16. The largest absolute Gasteiger partial charge is 0.463 e. The molecule has 0 unspecified atom stereocenters. The lowest BCUT2D eigenvalue weighted by Gasteiger charge is -2.13. The Morgan fingerprint density at radius 3 is 2.81 bits per heavy atom. The first-order valence-corrected chi connectivity index (χ1v) is 5.22. The van der Waals surface area contributed by atoms with E-state index >= 15 is 0 Å². The molecular weight excluding hydrogens is 210 g/mol. The molecule has 0 amide bonds. The Morgan fingerprint density at radius 2 is 2.31 bits per heavy atom. The van der Waals surface area contributed by atoms with Gasteiger partial charge in [-0.1, -0.05) is 24.5 Å². The smallest absolute Gasteiger partial charge is 0.330 e. The highest BCUT2D eigenvalue weighted by Gasteiger charge is 2.14. The summed E-state index contributed by atoms with van der Waals surface area (Å²) in [6.07, 6.45) is 3.04. The van der Waals surface area contributed by atoms with Crippen LogP contribution in [0.2, 0.25) is 0 Å². The van der Waals surface area contributed by atoms with E-state index in [1.807, 2.05) is 6.92 Å². The molecule has 0 aromatic carbocycles. The fourth-order valence-electron chi connectivity index (χ4n) is 1.14. The summed E-state index contributed by atoms with van der Waals surface area (Å²) in [7, 11) is 0. The predicted octanol–water partition coefficient (Wildman–Crippen LogP) is 1.95. The Hall–Kier alpha value is -1.52. The lowest BCUT2D eigenvalue weighted by molar-refractivity contribution is -0.137. The molecule has 0 heterocycles. The number of aliphatic hydroxyl groups excluding tert-OH is 1. The third-order valence-corrected chi connectivity index (χ3v) is 1.88. The summed E-state index contributed by atoms with van der Waals surface area (Å²) >= 11 is 0. The first-order chi connectivity index (χ1) is 7.65. The molecule has 90 valence electrons. The van der Waals surface area contributed by atoms with Crippen molar-refractivity contribution in [3.63, 3.8) is 0 Å². The van der Waals surface area contributed by atoms with Crippen LogP contribution in [-0.4, -0.2) is 29.8 Å². The second kappa shape index (κ2) is 8.76. The molecular formula is C10H17N3O3. The number of hydrogen-bond donors (Lipinski definition) is 1. The fourth-order valence-corrected chi connectivity index (χ4v) is 1.14. The number of hydrogen-bond acceptors (Lipinski definition) is 4. The van der Waals surface area contributed by atoms with Gasteiger partial charge in [0.2, 0.25) is 0 Å². The summed E-state index contributed by atoms with van der Waals surface area (Å²) in [6, 6.07) is -0.727. The molecule has 6 nitrogen and oxygen atoms in total. The molecule has 0 aromatic rings. The summed E-state index contributed by atoms with van der Waals surface area (Å²) in [5, 5.41) is 13.0. The zero-order valence-corrected chi connectivity index (χ0v) is 9.54. The van der Waals surface area contributed by atoms with Crippen LogP contribution in [0.4, 0.5) is 0 Å². The standard InChI is InChI=1S/C10H17N3O3/c1-3-5-9(14)8(12-13-11)6-7-10(15)16-4-2/h6-9,14H,3-5H2,1-2H3/b7-6+/t8-,9+/m1/s1. The molecule has 0 aliphatic heterocycles. The van der Waals surface area contributed by atoms with E-state index in [1.165, 1.54) is 12.2 Å². The number of esters is 1. The molecule has 16 heavy (non-hydrogen) atoms. The molecule has 0 saturated heterocycles. The van der Waals surface area contributed by atoms with Crippen molar-refractivity contribution in [2.75, 3.05) is 6.61 Å². The van der Waals surface area contributed by atoms with E-state index in [9.17, 15) is 9.90 Å². The zero-order valence-electron chi connectivity index (χ0n) is 9.54. The Kier molecular flexibility index (Phi) is 7.93. The van der Waals surface area contributed by atoms with Gasteiger partial charge in [0.05, 0.1) is 18.8 Å². The molecule has 0 bridgehead atoms. The maximum absolute atomic E-state index is 11.0. The average molecular weight is 227 g/mol. The van der Waals surface area contributed by atoms with Crippen LogP contribution < -0.4 is 0 Å². The highest BCUT2D eigenvalue weighted by atomic mass is 16.5. The Labute approximate surface area is 94.5 Å².